The molecular formula is C26H17F3N4O4. The number of anilines is 1. The van der Waals surface area contributed by atoms with Gasteiger partial charge in [0.05, 0.1) is 17.3 Å². The molecule has 37 heavy (non-hydrogen) atoms. The van der Waals surface area contributed by atoms with Gasteiger partial charge < -0.3 is 19.9 Å². The molecule has 0 spiro atoms. The second kappa shape index (κ2) is 9.33. The predicted molar refractivity (Wildman–Crippen MR) is 124 cm³/mol. The van der Waals surface area contributed by atoms with E-state index in [1.807, 2.05) is 6.07 Å². The second-order valence-corrected chi connectivity index (χ2v) is 8.05. The molecule has 0 fully saturated rings. The molecule has 0 radical (unpaired) electrons. The van der Waals surface area contributed by atoms with Crippen molar-refractivity contribution in [1.29, 1.82) is 5.26 Å². The molecule has 0 aliphatic carbocycles. The van der Waals surface area contributed by atoms with Crippen molar-refractivity contribution in [2.75, 3.05) is 12.1 Å². The summed E-state index contributed by atoms with van der Waals surface area (Å²) in [6, 6.07) is 19.6. The number of alkyl halides is 3. The molecule has 0 saturated heterocycles. The number of aliphatic hydroxyl groups is 1. The Labute approximate surface area is 208 Å². The molecule has 186 valence electrons. The minimum atomic E-state index is -4.79. The van der Waals surface area contributed by atoms with Crippen LogP contribution in [-0.2, 0) is 6.18 Å². The highest BCUT2D eigenvalue weighted by atomic mass is 19.4. The van der Waals surface area contributed by atoms with Gasteiger partial charge in [-0.05, 0) is 42.0 Å². The number of amides is 1. The van der Waals surface area contributed by atoms with Crippen LogP contribution in [0.1, 0.15) is 39.0 Å². The SMILES string of the molecule is N#Cc1cccc(-n2nc(C(F)(F)F)cc2C(=O)Nc2cccc(C(O)c3cccc4c3OCO4)c2)c1. The third-order valence-corrected chi connectivity index (χ3v) is 5.63. The summed E-state index contributed by atoms with van der Waals surface area (Å²) in [5, 5.41) is 26.2. The lowest BCUT2D eigenvalue weighted by Crippen LogP contribution is -2.17. The van der Waals surface area contributed by atoms with Crippen molar-refractivity contribution in [2.24, 2.45) is 0 Å². The van der Waals surface area contributed by atoms with E-state index in [0.29, 0.717) is 28.7 Å². The Morgan fingerprint density at radius 1 is 1.08 bits per heavy atom. The number of halogens is 3. The number of carbonyl (C=O) groups excluding carboxylic acids is 1. The Morgan fingerprint density at radius 2 is 1.86 bits per heavy atom. The van der Waals surface area contributed by atoms with Crippen molar-refractivity contribution >= 4 is 11.6 Å². The van der Waals surface area contributed by atoms with Crippen molar-refractivity contribution < 1.29 is 32.5 Å². The molecular weight excluding hydrogens is 489 g/mol. The molecule has 1 unspecified atom stereocenters. The third-order valence-electron chi connectivity index (χ3n) is 5.63. The van der Waals surface area contributed by atoms with Gasteiger partial charge in [0.25, 0.3) is 5.91 Å². The summed E-state index contributed by atoms with van der Waals surface area (Å²) in [5.74, 6) is 0.0390. The number of nitrogens with one attached hydrogen (secondary N) is 1. The van der Waals surface area contributed by atoms with Gasteiger partial charge in [-0.1, -0.05) is 30.3 Å². The van der Waals surface area contributed by atoms with Crippen LogP contribution in [0.25, 0.3) is 5.69 Å². The number of aliphatic hydroxyl groups excluding tert-OH is 1. The van der Waals surface area contributed by atoms with Crippen LogP contribution < -0.4 is 14.8 Å². The summed E-state index contributed by atoms with van der Waals surface area (Å²) >= 11 is 0. The Balaban J connectivity index is 1.46. The second-order valence-electron chi connectivity index (χ2n) is 8.05. The van der Waals surface area contributed by atoms with Crippen LogP contribution in [-0.4, -0.2) is 27.6 Å². The van der Waals surface area contributed by atoms with Gasteiger partial charge in [0.15, 0.2) is 17.2 Å². The quantitative estimate of drug-likeness (QED) is 0.402. The summed E-state index contributed by atoms with van der Waals surface area (Å²) in [6.45, 7) is 0.0278. The van der Waals surface area contributed by atoms with Crippen LogP contribution >= 0.6 is 0 Å². The van der Waals surface area contributed by atoms with Crippen LogP contribution in [0.2, 0.25) is 0 Å². The molecule has 2 N–H and O–H groups in total. The fourth-order valence-electron chi connectivity index (χ4n) is 3.91. The Bertz CT molecular complexity index is 1540. The van der Waals surface area contributed by atoms with E-state index in [0.717, 1.165) is 4.68 Å². The number of nitriles is 1. The third kappa shape index (κ3) is 4.70. The maximum absolute atomic E-state index is 13.4. The van der Waals surface area contributed by atoms with E-state index >= 15 is 0 Å². The first kappa shape index (κ1) is 23.9. The zero-order chi connectivity index (χ0) is 26.2. The first-order valence-corrected chi connectivity index (χ1v) is 10.9. The van der Waals surface area contributed by atoms with Crippen LogP contribution in [0.15, 0.2) is 72.8 Å². The van der Waals surface area contributed by atoms with E-state index in [-0.39, 0.29) is 29.4 Å². The zero-order valence-electron chi connectivity index (χ0n) is 18.9. The number of benzene rings is 3. The van der Waals surface area contributed by atoms with Crippen LogP contribution in [0.5, 0.6) is 11.5 Å². The number of hydrogen-bond acceptors (Lipinski definition) is 6. The summed E-state index contributed by atoms with van der Waals surface area (Å²) in [6.07, 6.45) is -5.91. The average molecular weight is 506 g/mol. The number of nitrogens with zero attached hydrogens (tertiary/aromatic N) is 3. The molecule has 1 aliphatic rings. The maximum Gasteiger partial charge on any atom is 0.435 e. The lowest BCUT2D eigenvalue weighted by molar-refractivity contribution is -0.141. The van der Waals surface area contributed by atoms with Crippen LogP contribution in [0.4, 0.5) is 18.9 Å². The molecule has 1 aromatic heterocycles. The van der Waals surface area contributed by atoms with Gasteiger partial charge in [-0.2, -0.15) is 23.5 Å². The molecule has 4 aromatic rings. The molecule has 5 rings (SSSR count). The van der Waals surface area contributed by atoms with Crippen molar-refractivity contribution in [1.82, 2.24) is 9.78 Å². The Hall–Kier alpha value is -4.82. The molecule has 0 bridgehead atoms. The fraction of sp³-hybridized carbons (Fsp3) is 0.115. The van der Waals surface area contributed by atoms with E-state index in [1.54, 1.807) is 30.3 Å². The minimum absolute atomic E-state index is 0.0278. The van der Waals surface area contributed by atoms with Gasteiger partial charge in [-0.25, -0.2) is 4.68 Å². The van der Waals surface area contributed by atoms with Gasteiger partial charge in [0.2, 0.25) is 6.79 Å². The van der Waals surface area contributed by atoms with E-state index < -0.39 is 23.9 Å². The normalized spacial score (nSPS) is 13.2. The first-order chi connectivity index (χ1) is 17.7. The average Bonchev–Trinajstić information content (AvgIpc) is 3.56. The maximum atomic E-state index is 13.4. The molecule has 2 heterocycles. The molecule has 1 amide bonds. The lowest BCUT2D eigenvalue weighted by atomic mass is 10.00. The zero-order valence-corrected chi connectivity index (χ0v) is 18.9. The Morgan fingerprint density at radius 3 is 2.65 bits per heavy atom. The number of hydrogen-bond donors (Lipinski definition) is 2. The molecule has 3 aromatic carbocycles. The van der Waals surface area contributed by atoms with Gasteiger partial charge in [-0.3, -0.25) is 4.79 Å². The van der Waals surface area contributed by atoms with Gasteiger partial charge in [-0.15, -0.1) is 0 Å². The molecule has 0 saturated carbocycles. The predicted octanol–water partition coefficient (Wildman–Crippen LogP) is 4.83. The largest absolute Gasteiger partial charge is 0.454 e. The highest BCUT2D eigenvalue weighted by molar-refractivity contribution is 6.03. The lowest BCUT2D eigenvalue weighted by Gasteiger charge is -2.15. The Kier molecular flexibility index (Phi) is 6.02. The van der Waals surface area contributed by atoms with Crippen molar-refractivity contribution in [3.05, 3.63) is 101 Å². The van der Waals surface area contributed by atoms with Crippen molar-refractivity contribution in [3.8, 4) is 23.3 Å². The number of rotatable bonds is 5. The van der Waals surface area contributed by atoms with Crippen LogP contribution in [0.3, 0.4) is 0 Å². The van der Waals surface area contributed by atoms with Gasteiger partial charge >= 0.3 is 6.18 Å². The summed E-state index contributed by atoms with van der Waals surface area (Å²) in [4.78, 5) is 13.1. The van der Waals surface area contributed by atoms with E-state index in [4.69, 9.17) is 14.7 Å². The molecule has 1 aliphatic heterocycles. The highest BCUT2D eigenvalue weighted by Gasteiger charge is 2.36. The number of para-hydroxylation sites is 1. The molecule has 11 heteroatoms. The molecule has 1 atom stereocenters. The fourth-order valence-corrected chi connectivity index (χ4v) is 3.91. The first-order valence-electron chi connectivity index (χ1n) is 10.9. The molecule has 8 nitrogen and oxygen atoms in total. The summed E-state index contributed by atoms with van der Waals surface area (Å²) < 4.78 is 51.9. The van der Waals surface area contributed by atoms with Crippen LogP contribution in [0, 0.1) is 11.3 Å². The smallest absolute Gasteiger partial charge is 0.435 e. The number of fused-ring (bicyclic) bond motifs is 1. The van der Waals surface area contributed by atoms with E-state index in [1.165, 1.54) is 36.4 Å². The monoisotopic (exact) mass is 506 g/mol. The highest BCUT2D eigenvalue weighted by Crippen LogP contribution is 2.40. The number of aromatic nitrogens is 2. The summed E-state index contributed by atoms with van der Waals surface area (Å²) in [5.41, 5.74) is -0.237. The van der Waals surface area contributed by atoms with E-state index in [9.17, 15) is 23.1 Å². The number of carbonyl (C=O) groups is 1. The van der Waals surface area contributed by atoms with Gasteiger partial charge in [0, 0.05) is 17.3 Å². The standard InChI is InChI=1S/C26H17F3N4O4/c27-26(28,29)22-12-20(33(32-22)18-7-1-4-15(10-18)13-30)25(35)31-17-6-2-5-16(11-17)23(34)19-8-3-9-21-24(19)37-14-36-21/h1-12,23,34H,14H2,(H,31,35). The van der Waals surface area contributed by atoms with E-state index in [2.05, 4.69) is 10.4 Å². The number of ether oxygens (including phenoxy) is 2. The van der Waals surface area contributed by atoms with Gasteiger partial charge in [0.1, 0.15) is 11.8 Å². The van der Waals surface area contributed by atoms with Crippen molar-refractivity contribution in [2.45, 2.75) is 12.3 Å². The minimum Gasteiger partial charge on any atom is -0.454 e. The van der Waals surface area contributed by atoms with Crippen molar-refractivity contribution in [3.63, 3.8) is 0 Å². The topological polar surface area (TPSA) is 109 Å². The summed E-state index contributed by atoms with van der Waals surface area (Å²) in [7, 11) is 0.